The third-order valence-electron chi connectivity index (χ3n) is 9.18. The Kier molecular flexibility index (Phi) is 4.92. The average molecular weight is 473 g/mol. The van der Waals surface area contributed by atoms with Crippen molar-refractivity contribution >= 4 is 11.9 Å². The van der Waals surface area contributed by atoms with Gasteiger partial charge in [-0.3, -0.25) is 19.8 Å². The van der Waals surface area contributed by atoms with Gasteiger partial charge in [-0.1, -0.05) is 6.07 Å². The van der Waals surface area contributed by atoms with Crippen LogP contribution in [0.15, 0.2) is 12.1 Å². The molecule has 4 N–H and O–H groups in total. The van der Waals surface area contributed by atoms with Crippen molar-refractivity contribution in [1.82, 2.24) is 10.2 Å². The highest BCUT2D eigenvalue weighted by Gasteiger charge is 2.74. The van der Waals surface area contributed by atoms with Crippen LogP contribution in [0.1, 0.15) is 49.7 Å². The van der Waals surface area contributed by atoms with Gasteiger partial charge in [-0.15, -0.1) is 0 Å². The van der Waals surface area contributed by atoms with E-state index in [2.05, 4.69) is 10.2 Å². The molecule has 3 fully saturated rings. The Hall–Kier alpha value is -2.36. The molecule has 2 heterocycles. The van der Waals surface area contributed by atoms with E-state index in [1.165, 1.54) is 12.8 Å². The van der Waals surface area contributed by atoms with Gasteiger partial charge in [0.1, 0.15) is 12.1 Å². The first kappa shape index (κ1) is 22.1. The first-order chi connectivity index (χ1) is 16.3. The Labute approximate surface area is 198 Å². The van der Waals surface area contributed by atoms with Crippen LogP contribution < -0.4 is 10.1 Å². The first-order valence-corrected chi connectivity index (χ1v) is 12.3. The monoisotopic (exact) mass is 472 g/mol. The van der Waals surface area contributed by atoms with Gasteiger partial charge in [-0.05, 0) is 62.6 Å². The van der Waals surface area contributed by atoms with Crippen LogP contribution in [0.2, 0.25) is 0 Å². The molecule has 34 heavy (non-hydrogen) atoms. The molecule has 2 aliphatic heterocycles. The fourth-order valence-electron chi connectivity index (χ4n) is 7.69. The summed E-state index contributed by atoms with van der Waals surface area (Å²) in [4.78, 5) is 25.8. The predicted molar refractivity (Wildman–Crippen MR) is 120 cm³/mol. The second-order valence-corrected chi connectivity index (χ2v) is 10.8. The van der Waals surface area contributed by atoms with Gasteiger partial charge < -0.3 is 24.8 Å². The van der Waals surface area contributed by atoms with Crippen molar-refractivity contribution in [2.24, 2.45) is 5.92 Å². The number of hydrogen-bond donors (Lipinski definition) is 4. The molecule has 2 saturated carbocycles. The summed E-state index contributed by atoms with van der Waals surface area (Å²) in [6.07, 6.45) is 4.51. The SMILES string of the molecule is CO[C@@]12CC[C@H](N[C@@H](CC(=O)O)C(=O)O)[C@@H]3Oc4c(O)ccc5c4C31CCN(CC1CC1)C2C5. The van der Waals surface area contributed by atoms with Crippen molar-refractivity contribution in [2.75, 3.05) is 20.2 Å². The molecule has 0 amide bonds. The molecule has 1 aromatic carbocycles. The number of aliphatic carboxylic acids is 2. The van der Waals surface area contributed by atoms with Gasteiger partial charge in [0.2, 0.25) is 0 Å². The van der Waals surface area contributed by atoms with E-state index in [1.807, 2.05) is 6.07 Å². The molecule has 184 valence electrons. The van der Waals surface area contributed by atoms with Crippen LogP contribution in [0.3, 0.4) is 0 Å². The van der Waals surface area contributed by atoms with Crippen molar-refractivity contribution in [3.05, 3.63) is 23.3 Å². The van der Waals surface area contributed by atoms with Crippen molar-refractivity contribution in [2.45, 2.75) is 80.2 Å². The zero-order valence-electron chi connectivity index (χ0n) is 19.3. The molecule has 1 saturated heterocycles. The van der Waals surface area contributed by atoms with E-state index in [4.69, 9.17) is 9.47 Å². The third-order valence-corrected chi connectivity index (χ3v) is 9.18. The number of phenolic OH excluding ortho intramolecular Hbond substituents is 1. The van der Waals surface area contributed by atoms with Crippen molar-refractivity contribution < 1.29 is 34.4 Å². The van der Waals surface area contributed by atoms with Crippen LogP contribution >= 0.6 is 0 Å². The maximum atomic E-state index is 11.8. The minimum absolute atomic E-state index is 0.0884. The molecule has 6 rings (SSSR count). The van der Waals surface area contributed by atoms with Crippen LogP contribution in [0.25, 0.3) is 0 Å². The Morgan fingerprint density at radius 1 is 1.26 bits per heavy atom. The standard InChI is InChI=1S/C25H32N2O7/c1-33-25-7-6-15(26-16(23(31)32)11-19(29)30)22-24(25)8-9-27(12-13-2-3-13)18(25)10-14-4-5-17(28)21(34-22)20(14)24/h4-5,13,15-16,18,22,26,28H,2-3,6-12H2,1H3,(H,29,30)(H,31,32)/t15-,16-,18?,22-,24?,25+/m0/s1. The molecular formula is C25H32N2O7. The summed E-state index contributed by atoms with van der Waals surface area (Å²) in [6, 6.07) is 2.27. The zero-order chi connectivity index (χ0) is 23.8. The fraction of sp³-hybridized carbons (Fsp3) is 0.680. The lowest BCUT2D eigenvalue weighted by Crippen LogP contribution is -2.79. The normalized spacial score (nSPS) is 36.4. The number of carbonyl (C=O) groups is 2. The number of methoxy groups -OCH3 is 1. The summed E-state index contributed by atoms with van der Waals surface area (Å²) in [5, 5.41) is 32.8. The summed E-state index contributed by atoms with van der Waals surface area (Å²) in [7, 11) is 1.77. The molecule has 1 aromatic rings. The summed E-state index contributed by atoms with van der Waals surface area (Å²) in [6.45, 7) is 1.96. The fourth-order valence-corrected chi connectivity index (χ4v) is 7.69. The Morgan fingerprint density at radius 2 is 2.06 bits per heavy atom. The molecule has 5 aliphatic rings. The molecule has 9 heteroatoms. The van der Waals surface area contributed by atoms with Gasteiger partial charge >= 0.3 is 11.9 Å². The van der Waals surface area contributed by atoms with Crippen LogP contribution in [0.5, 0.6) is 11.5 Å². The van der Waals surface area contributed by atoms with Gasteiger partial charge in [0.25, 0.3) is 0 Å². The smallest absolute Gasteiger partial charge is 0.321 e. The number of likely N-dealkylation sites (tertiary alicyclic amines) is 1. The maximum Gasteiger partial charge on any atom is 0.321 e. The maximum absolute atomic E-state index is 11.8. The minimum Gasteiger partial charge on any atom is -0.504 e. The van der Waals surface area contributed by atoms with Gasteiger partial charge in [0.15, 0.2) is 11.5 Å². The number of rotatable bonds is 8. The third kappa shape index (κ3) is 2.90. The Morgan fingerprint density at radius 3 is 2.74 bits per heavy atom. The lowest BCUT2D eigenvalue weighted by Gasteiger charge is -2.65. The Bertz CT molecular complexity index is 1040. The minimum atomic E-state index is -1.22. The highest BCUT2D eigenvalue weighted by molar-refractivity contribution is 5.80. The Balaban J connectivity index is 1.45. The second-order valence-electron chi connectivity index (χ2n) is 10.8. The molecule has 2 unspecified atom stereocenters. The van der Waals surface area contributed by atoms with Crippen LogP contribution in [0.4, 0.5) is 0 Å². The summed E-state index contributed by atoms with van der Waals surface area (Å²) in [5.41, 5.74) is 1.13. The highest BCUT2D eigenvalue weighted by Crippen LogP contribution is 2.66. The van der Waals surface area contributed by atoms with E-state index in [9.17, 15) is 24.9 Å². The summed E-state index contributed by atoms with van der Waals surface area (Å²) >= 11 is 0. The number of nitrogens with zero attached hydrogens (tertiary/aromatic N) is 1. The first-order valence-electron chi connectivity index (χ1n) is 12.3. The van der Waals surface area contributed by atoms with Gasteiger partial charge in [0.05, 0.1) is 17.4 Å². The molecule has 3 aliphatic carbocycles. The molecule has 6 atom stereocenters. The van der Waals surface area contributed by atoms with E-state index in [0.717, 1.165) is 43.0 Å². The van der Waals surface area contributed by atoms with Gasteiger partial charge in [-0.25, -0.2) is 0 Å². The van der Waals surface area contributed by atoms with Crippen LogP contribution in [-0.2, 0) is 26.2 Å². The molecular weight excluding hydrogens is 440 g/mol. The average Bonchev–Trinajstić information content (AvgIpc) is 3.54. The number of carboxylic acid groups (broad SMARTS) is 2. The van der Waals surface area contributed by atoms with Crippen molar-refractivity contribution in [1.29, 1.82) is 0 Å². The summed E-state index contributed by atoms with van der Waals surface area (Å²) in [5.74, 6) is -1.03. The van der Waals surface area contributed by atoms with Crippen molar-refractivity contribution in [3.8, 4) is 11.5 Å². The largest absolute Gasteiger partial charge is 0.504 e. The van der Waals surface area contributed by atoms with Crippen LogP contribution in [-0.4, -0.2) is 82.2 Å². The number of benzene rings is 1. The number of piperidine rings is 1. The van der Waals surface area contributed by atoms with E-state index in [1.54, 1.807) is 13.2 Å². The molecule has 2 bridgehead atoms. The number of nitrogens with one attached hydrogen (secondary N) is 1. The quantitative estimate of drug-likeness (QED) is 0.445. The number of carboxylic acids is 2. The highest BCUT2D eigenvalue weighted by atomic mass is 16.5. The predicted octanol–water partition coefficient (Wildman–Crippen LogP) is 1.50. The van der Waals surface area contributed by atoms with Crippen molar-refractivity contribution in [3.63, 3.8) is 0 Å². The number of aromatic hydroxyl groups is 1. The zero-order valence-corrected chi connectivity index (χ0v) is 19.3. The summed E-state index contributed by atoms with van der Waals surface area (Å²) < 4.78 is 13.0. The van der Waals surface area contributed by atoms with Gasteiger partial charge in [0, 0.05) is 31.3 Å². The van der Waals surface area contributed by atoms with Gasteiger partial charge in [-0.2, -0.15) is 0 Å². The second kappa shape index (κ2) is 7.57. The van der Waals surface area contributed by atoms with E-state index < -0.39 is 41.5 Å². The van der Waals surface area contributed by atoms with E-state index in [0.29, 0.717) is 18.6 Å². The lowest BCUT2D eigenvalue weighted by molar-refractivity contribution is -0.208. The molecule has 9 nitrogen and oxygen atoms in total. The molecule has 0 aromatic heterocycles. The molecule has 0 radical (unpaired) electrons. The lowest BCUT2D eigenvalue weighted by atomic mass is 9.48. The van der Waals surface area contributed by atoms with E-state index in [-0.39, 0.29) is 17.8 Å². The number of ether oxygens (including phenoxy) is 2. The topological polar surface area (TPSA) is 129 Å². The number of phenols is 1. The van der Waals surface area contributed by atoms with Crippen LogP contribution in [0, 0.1) is 5.92 Å². The van der Waals surface area contributed by atoms with E-state index >= 15 is 0 Å². The molecule has 1 spiro atoms. The number of hydrogen-bond acceptors (Lipinski definition) is 7.